The van der Waals surface area contributed by atoms with E-state index in [1.165, 1.54) is 0 Å². The molecule has 0 heterocycles. The maximum atomic E-state index is 8.23. The van der Waals surface area contributed by atoms with Crippen LogP contribution in [0.4, 0.5) is 0 Å². The molecule has 0 rings (SSSR count). The molecule has 0 saturated heterocycles. The van der Waals surface area contributed by atoms with Crippen LogP contribution in [0.1, 0.15) is 0 Å². The Hall–Kier alpha value is -0.0116. The zero-order valence-corrected chi connectivity index (χ0v) is 9.65. The van der Waals surface area contributed by atoms with Gasteiger partial charge in [0.2, 0.25) is 0 Å². The Morgan fingerprint density at radius 2 is 1.10 bits per heavy atom. The number of nitriles is 3. The molecule has 0 fully saturated rings. The van der Waals surface area contributed by atoms with Gasteiger partial charge in [-0.15, -0.1) is 0 Å². The zero-order valence-electron chi connectivity index (χ0n) is 4.51. The molecule has 0 unspecified atom stereocenters. The Morgan fingerprint density at radius 3 is 1.30 bits per heavy atom. The second kappa shape index (κ2) is 7.10. The molecule has 0 saturated carbocycles. The minimum atomic E-state index is -0.314. The third kappa shape index (κ3) is 4.83. The molecule has 0 aromatic rings. The van der Waals surface area contributed by atoms with Crippen molar-refractivity contribution in [3.8, 4) is 14.9 Å². The summed E-state index contributed by atoms with van der Waals surface area (Å²) in [7, 11) is 0. The van der Waals surface area contributed by atoms with E-state index in [1.54, 1.807) is 1.95 Å². The first kappa shape index (κ1) is 9.99. The van der Waals surface area contributed by atoms with Crippen LogP contribution in [0, 0.1) is 30.7 Å². The van der Waals surface area contributed by atoms with Gasteiger partial charge < -0.3 is 0 Å². The summed E-state index contributed by atoms with van der Waals surface area (Å²) in [5.74, 6) is 0. The van der Waals surface area contributed by atoms with Gasteiger partial charge in [0.15, 0.2) is 0 Å². The van der Waals surface area contributed by atoms with Gasteiger partial charge in [-0.25, -0.2) is 0 Å². The predicted molar refractivity (Wildman–Crippen MR) is 35.9 cm³/mol. The Morgan fingerprint density at radius 1 is 0.800 bits per heavy atom. The van der Waals surface area contributed by atoms with Crippen molar-refractivity contribution in [2.45, 2.75) is 0 Å². The molecule has 0 radical (unpaired) electrons. The molecule has 4 nitrogen and oxygen atoms in total. The number of nitrogens with zero attached hydrogens (tertiary/aromatic N) is 4. The Kier molecular flexibility index (Phi) is 7.09. The van der Waals surface area contributed by atoms with E-state index in [-0.39, 0.29) is 45.5 Å². The molecule has 0 aliphatic heterocycles. The fourth-order valence-corrected chi connectivity index (χ4v) is 4.21. The topological polar surface area (TPSA) is 74.6 Å². The van der Waals surface area contributed by atoms with Gasteiger partial charge in [-0.2, -0.15) is 0 Å². The first-order chi connectivity index (χ1) is 4.85. The molecule has 50 valence electrons. The summed E-state index contributed by atoms with van der Waals surface area (Å²) < 4.78 is 1.65. The van der Waals surface area contributed by atoms with E-state index >= 15 is 0 Å². The van der Waals surface area contributed by atoms with Gasteiger partial charge in [-0.3, -0.25) is 0 Å². The van der Waals surface area contributed by atoms with Crippen LogP contribution in [0.5, 0.6) is 0 Å². The van der Waals surface area contributed by atoms with E-state index < -0.39 is 0 Å². The normalized spacial score (nSPS) is 7.80. The molecule has 0 bridgehead atoms. The Bertz CT molecular complexity index is 169. The first-order valence-electron chi connectivity index (χ1n) is 1.83. The second-order valence-corrected chi connectivity index (χ2v) is 8.88. The molecule has 7 heteroatoms. The summed E-state index contributed by atoms with van der Waals surface area (Å²) in [6.45, 7) is 0. The minimum absolute atomic E-state index is 0.314. The van der Waals surface area contributed by atoms with E-state index in [1.807, 2.05) is 14.9 Å². The maximum absolute atomic E-state index is 8.23. The first-order valence-corrected chi connectivity index (χ1v) is 6.70. The van der Waals surface area contributed by atoms with Gasteiger partial charge >= 0.3 is 78.2 Å². The van der Waals surface area contributed by atoms with Gasteiger partial charge in [0.1, 0.15) is 0 Å². The van der Waals surface area contributed by atoms with Crippen LogP contribution >= 0.6 is 0 Å². The average molecular weight is 329 g/mol. The quantitative estimate of drug-likeness (QED) is 0.597. The predicted octanol–water partition coefficient (Wildman–Crippen LogP) is -1.41. The Labute approximate surface area is 77.9 Å². The van der Waals surface area contributed by atoms with Gasteiger partial charge in [-0.1, -0.05) is 0 Å². The van der Waals surface area contributed by atoms with Gasteiger partial charge in [0.25, 0.3) is 0 Å². The summed E-state index contributed by atoms with van der Waals surface area (Å²) in [4.78, 5) is 5.86. The van der Waals surface area contributed by atoms with Crippen molar-refractivity contribution < 1.29 is 0 Å². The van der Waals surface area contributed by atoms with Gasteiger partial charge in [0, 0.05) is 0 Å². The number of rotatable bonds is 3. The fourth-order valence-electron chi connectivity index (χ4n) is 0.156. The molecule has 0 aliphatic rings. The van der Waals surface area contributed by atoms with E-state index in [0.29, 0.717) is 0 Å². The monoisotopic (exact) mass is 332 g/mol. The fraction of sp³-hybridized carbons (Fsp3) is 0. The molecular formula is C3N4Se3. The van der Waals surface area contributed by atoms with Crippen molar-refractivity contribution in [2.24, 2.45) is 0 Å². The van der Waals surface area contributed by atoms with Crippen molar-refractivity contribution >= 4 is 45.5 Å². The van der Waals surface area contributed by atoms with Gasteiger partial charge in [0.05, 0.1) is 0 Å². The average Bonchev–Trinajstić information content (AvgIpc) is 1.90. The van der Waals surface area contributed by atoms with Crippen molar-refractivity contribution in [3.05, 3.63) is 0 Å². The molecule has 0 N–H and O–H groups in total. The number of hydrogen-bond acceptors (Lipinski definition) is 4. The molecule has 0 aromatic heterocycles. The van der Waals surface area contributed by atoms with Crippen molar-refractivity contribution in [1.82, 2.24) is 1.95 Å². The van der Waals surface area contributed by atoms with Crippen LogP contribution in [0.3, 0.4) is 0 Å². The van der Waals surface area contributed by atoms with Crippen LogP contribution < -0.4 is 0 Å². The third-order valence-corrected chi connectivity index (χ3v) is 6.67. The summed E-state index contributed by atoms with van der Waals surface area (Å²) in [5, 5.41) is 24.7. The van der Waals surface area contributed by atoms with Crippen LogP contribution in [0.2, 0.25) is 0 Å². The molecule has 0 amide bonds. The van der Waals surface area contributed by atoms with E-state index in [4.69, 9.17) is 15.8 Å². The van der Waals surface area contributed by atoms with Crippen molar-refractivity contribution in [2.75, 3.05) is 0 Å². The summed E-state index contributed by atoms with van der Waals surface area (Å²) in [6.07, 6.45) is 0. The molecule has 0 spiro atoms. The summed E-state index contributed by atoms with van der Waals surface area (Å²) in [6, 6.07) is 0. The van der Waals surface area contributed by atoms with Crippen molar-refractivity contribution in [1.29, 1.82) is 15.8 Å². The molecule has 10 heavy (non-hydrogen) atoms. The van der Waals surface area contributed by atoms with Crippen LogP contribution in [0.15, 0.2) is 0 Å². The SMILES string of the molecule is N#C[Se]N([Se]C#N)[Se]C#N. The van der Waals surface area contributed by atoms with Crippen molar-refractivity contribution in [3.63, 3.8) is 0 Å². The van der Waals surface area contributed by atoms with Crippen LogP contribution in [-0.4, -0.2) is 47.5 Å². The Balaban J connectivity index is 3.68. The molecule has 0 atom stereocenters. The molecule has 0 aliphatic carbocycles. The summed E-state index contributed by atoms with van der Waals surface area (Å²) >= 11 is -0.942. The molecule has 0 aromatic carbocycles. The third-order valence-electron chi connectivity index (χ3n) is 0.346. The summed E-state index contributed by atoms with van der Waals surface area (Å²) in [5.41, 5.74) is 0. The molecular weight excluding hydrogens is 329 g/mol. The standard InChI is InChI=1S/C3N4Se3/c4-1-8-7(9-2-5)10-3-6. The second-order valence-electron chi connectivity index (χ2n) is 0.771. The van der Waals surface area contributed by atoms with Crippen LogP contribution in [0.25, 0.3) is 0 Å². The van der Waals surface area contributed by atoms with Gasteiger partial charge in [-0.05, 0) is 0 Å². The van der Waals surface area contributed by atoms with Crippen LogP contribution in [-0.2, 0) is 0 Å². The van der Waals surface area contributed by atoms with E-state index in [9.17, 15) is 0 Å². The van der Waals surface area contributed by atoms with E-state index in [2.05, 4.69) is 0 Å². The zero-order chi connectivity index (χ0) is 7.82. The number of hydrogen-bond donors (Lipinski definition) is 0. The van der Waals surface area contributed by atoms with E-state index in [0.717, 1.165) is 0 Å².